The highest BCUT2D eigenvalue weighted by molar-refractivity contribution is 7.10. The zero-order valence-electron chi connectivity index (χ0n) is 13.5. The minimum atomic E-state index is -0.562. The van der Waals surface area contributed by atoms with E-state index in [1.807, 2.05) is 17.5 Å². The summed E-state index contributed by atoms with van der Waals surface area (Å²) >= 11 is 1.51. The van der Waals surface area contributed by atoms with E-state index in [4.69, 9.17) is 4.74 Å². The van der Waals surface area contributed by atoms with Gasteiger partial charge in [-0.25, -0.2) is 4.79 Å². The maximum Gasteiger partial charge on any atom is 0.331 e. The Morgan fingerprint density at radius 2 is 2.12 bits per heavy atom. The third-order valence-corrected chi connectivity index (χ3v) is 4.66. The van der Waals surface area contributed by atoms with Crippen molar-refractivity contribution >= 4 is 40.8 Å². The molecule has 2 aromatic rings. The molecule has 1 fully saturated rings. The summed E-state index contributed by atoms with van der Waals surface area (Å²) in [6, 6.07) is 10.6. The standard InChI is InChI=1S/C19H17NO4S/c21-17(13-24-19(23)9-8-16-6-3-11-25-16)14-4-1-5-15(12-14)20-10-2-7-18(20)22/h1,3-6,8-9,11-12H,2,7,10,13H2/b9-8+. The quantitative estimate of drug-likeness (QED) is 0.453. The average Bonchev–Trinajstić information content (AvgIpc) is 3.29. The fourth-order valence-corrected chi connectivity index (χ4v) is 3.19. The van der Waals surface area contributed by atoms with Crippen LogP contribution in [0.2, 0.25) is 0 Å². The molecule has 0 spiro atoms. The Labute approximate surface area is 149 Å². The van der Waals surface area contributed by atoms with Crippen molar-refractivity contribution in [2.24, 2.45) is 0 Å². The predicted octanol–water partition coefficient (Wildman–Crippen LogP) is 3.31. The largest absolute Gasteiger partial charge is 0.454 e. The summed E-state index contributed by atoms with van der Waals surface area (Å²) < 4.78 is 4.99. The first-order valence-corrected chi connectivity index (χ1v) is 8.83. The van der Waals surface area contributed by atoms with Crippen molar-refractivity contribution in [3.8, 4) is 0 Å². The van der Waals surface area contributed by atoms with Gasteiger partial charge in [0.1, 0.15) is 0 Å². The van der Waals surface area contributed by atoms with Crippen LogP contribution in [-0.2, 0) is 14.3 Å². The van der Waals surface area contributed by atoms with E-state index in [9.17, 15) is 14.4 Å². The van der Waals surface area contributed by atoms with Crippen LogP contribution in [0.5, 0.6) is 0 Å². The molecule has 0 atom stereocenters. The second-order valence-corrected chi connectivity index (χ2v) is 6.56. The van der Waals surface area contributed by atoms with E-state index in [2.05, 4.69) is 0 Å². The van der Waals surface area contributed by atoms with Crippen LogP contribution in [0.1, 0.15) is 28.1 Å². The molecule has 0 aliphatic carbocycles. The first-order chi connectivity index (χ1) is 12.1. The molecule has 5 nitrogen and oxygen atoms in total. The number of anilines is 1. The van der Waals surface area contributed by atoms with Crippen LogP contribution >= 0.6 is 11.3 Å². The van der Waals surface area contributed by atoms with Gasteiger partial charge in [0, 0.05) is 35.2 Å². The monoisotopic (exact) mass is 355 g/mol. The van der Waals surface area contributed by atoms with E-state index >= 15 is 0 Å². The first-order valence-electron chi connectivity index (χ1n) is 7.95. The molecule has 3 rings (SSSR count). The lowest BCUT2D eigenvalue weighted by molar-refractivity contribution is -0.136. The lowest BCUT2D eigenvalue weighted by Crippen LogP contribution is -2.24. The fourth-order valence-electron chi connectivity index (χ4n) is 2.57. The minimum Gasteiger partial charge on any atom is -0.454 e. The van der Waals surface area contributed by atoms with Crippen molar-refractivity contribution in [2.45, 2.75) is 12.8 Å². The van der Waals surface area contributed by atoms with Crippen molar-refractivity contribution in [1.82, 2.24) is 0 Å². The number of carbonyl (C=O) groups is 3. The second kappa shape index (κ2) is 7.90. The Morgan fingerprint density at radius 1 is 1.24 bits per heavy atom. The van der Waals surface area contributed by atoms with E-state index in [-0.39, 0.29) is 18.3 Å². The van der Waals surface area contributed by atoms with Crippen LogP contribution in [0.25, 0.3) is 6.08 Å². The number of Topliss-reactive ketones (excluding diaryl/α,β-unsaturated/α-hetero) is 1. The molecular formula is C19H17NO4S. The molecule has 1 saturated heterocycles. The number of hydrogen-bond acceptors (Lipinski definition) is 5. The fraction of sp³-hybridized carbons (Fsp3) is 0.211. The highest BCUT2D eigenvalue weighted by Crippen LogP contribution is 2.22. The van der Waals surface area contributed by atoms with Crippen LogP contribution < -0.4 is 4.90 Å². The predicted molar refractivity (Wildman–Crippen MR) is 96.7 cm³/mol. The maximum atomic E-state index is 12.2. The minimum absolute atomic E-state index is 0.0646. The zero-order valence-corrected chi connectivity index (χ0v) is 14.3. The molecule has 128 valence electrons. The van der Waals surface area contributed by atoms with Crippen molar-refractivity contribution in [3.05, 3.63) is 58.3 Å². The summed E-state index contributed by atoms with van der Waals surface area (Å²) in [4.78, 5) is 38.3. The Bertz CT molecular complexity index is 811. The Morgan fingerprint density at radius 3 is 2.84 bits per heavy atom. The number of nitrogens with zero attached hydrogens (tertiary/aromatic N) is 1. The molecule has 25 heavy (non-hydrogen) atoms. The van der Waals surface area contributed by atoms with Crippen molar-refractivity contribution in [1.29, 1.82) is 0 Å². The van der Waals surface area contributed by atoms with E-state index in [1.165, 1.54) is 17.4 Å². The molecule has 6 heteroatoms. The number of ether oxygens (including phenoxy) is 1. The number of hydrogen-bond donors (Lipinski definition) is 0. The molecule has 1 aliphatic heterocycles. The highest BCUT2D eigenvalue weighted by atomic mass is 32.1. The number of amides is 1. The van der Waals surface area contributed by atoms with Gasteiger partial charge in [0.2, 0.25) is 5.91 Å². The molecule has 1 aliphatic rings. The summed E-state index contributed by atoms with van der Waals surface area (Å²) in [5.41, 5.74) is 1.13. The van der Waals surface area contributed by atoms with E-state index in [0.717, 1.165) is 11.3 Å². The van der Waals surface area contributed by atoms with E-state index in [1.54, 1.807) is 35.2 Å². The smallest absolute Gasteiger partial charge is 0.331 e. The molecular weight excluding hydrogens is 338 g/mol. The normalized spacial score (nSPS) is 14.2. The van der Waals surface area contributed by atoms with Gasteiger partial charge in [0.15, 0.2) is 12.4 Å². The zero-order chi connectivity index (χ0) is 17.6. The van der Waals surface area contributed by atoms with Gasteiger partial charge in [-0.05, 0) is 36.1 Å². The molecule has 0 unspecified atom stereocenters. The summed E-state index contributed by atoms with van der Waals surface area (Å²) in [5, 5.41) is 1.91. The Balaban J connectivity index is 1.58. The summed E-state index contributed by atoms with van der Waals surface area (Å²) in [5.74, 6) is -0.797. The lowest BCUT2D eigenvalue weighted by atomic mass is 10.1. The molecule has 0 N–H and O–H groups in total. The highest BCUT2D eigenvalue weighted by Gasteiger charge is 2.22. The van der Waals surface area contributed by atoms with Gasteiger partial charge in [0.25, 0.3) is 0 Å². The Kier molecular flexibility index (Phi) is 5.40. The van der Waals surface area contributed by atoms with Crippen LogP contribution in [0.15, 0.2) is 47.9 Å². The van der Waals surface area contributed by atoms with Gasteiger partial charge in [-0.15, -0.1) is 11.3 Å². The van der Waals surface area contributed by atoms with E-state index in [0.29, 0.717) is 24.2 Å². The summed E-state index contributed by atoms with van der Waals surface area (Å²) in [6.07, 6.45) is 4.31. The summed E-state index contributed by atoms with van der Waals surface area (Å²) in [6.45, 7) is 0.337. The summed E-state index contributed by atoms with van der Waals surface area (Å²) in [7, 11) is 0. The van der Waals surface area contributed by atoms with Gasteiger partial charge in [0.05, 0.1) is 0 Å². The van der Waals surface area contributed by atoms with Gasteiger partial charge < -0.3 is 9.64 Å². The van der Waals surface area contributed by atoms with Crippen LogP contribution in [0.4, 0.5) is 5.69 Å². The van der Waals surface area contributed by atoms with Crippen LogP contribution in [-0.4, -0.2) is 30.8 Å². The third kappa shape index (κ3) is 4.42. The van der Waals surface area contributed by atoms with Gasteiger partial charge in [-0.2, -0.15) is 0 Å². The molecule has 0 saturated carbocycles. The average molecular weight is 355 g/mol. The Hall–Kier alpha value is -2.73. The number of esters is 1. The molecule has 1 aromatic carbocycles. The number of carbonyl (C=O) groups excluding carboxylic acids is 3. The SMILES string of the molecule is O=C(/C=C/c1cccs1)OCC(=O)c1cccc(N2CCCC2=O)c1. The molecule has 0 radical (unpaired) electrons. The second-order valence-electron chi connectivity index (χ2n) is 5.58. The number of thiophene rings is 1. The van der Waals surface area contributed by atoms with Crippen molar-refractivity contribution < 1.29 is 19.1 Å². The lowest BCUT2D eigenvalue weighted by Gasteiger charge is -2.16. The van der Waals surface area contributed by atoms with Crippen molar-refractivity contribution in [2.75, 3.05) is 18.1 Å². The van der Waals surface area contributed by atoms with Crippen LogP contribution in [0.3, 0.4) is 0 Å². The van der Waals surface area contributed by atoms with Gasteiger partial charge in [-0.3, -0.25) is 9.59 Å². The topological polar surface area (TPSA) is 63.7 Å². The van der Waals surface area contributed by atoms with Crippen LogP contribution in [0, 0.1) is 0 Å². The maximum absolute atomic E-state index is 12.2. The van der Waals surface area contributed by atoms with E-state index < -0.39 is 5.97 Å². The molecule has 1 aromatic heterocycles. The number of rotatable bonds is 6. The third-order valence-electron chi connectivity index (χ3n) is 3.83. The van der Waals surface area contributed by atoms with Gasteiger partial charge in [-0.1, -0.05) is 18.2 Å². The van der Waals surface area contributed by atoms with Crippen molar-refractivity contribution in [3.63, 3.8) is 0 Å². The molecule has 2 heterocycles. The first kappa shape index (κ1) is 17.1. The van der Waals surface area contributed by atoms with Gasteiger partial charge >= 0.3 is 5.97 Å². The number of benzene rings is 1. The molecule has 1 amide bonds. The number of ketones is 1. The molecule has 0 bridgehead atoms.